The normalized spacial score (nSPS) is 11.0. The van der Waals surface area contributed by atoms with E-state index in [1.165, 1.54) is 0 Å². The van der Waals surface area contributed by atoms with Crippen LogP contribution in [0.5, 0.6) is 0 Å². The molecule has 0 aliphatic heterocycles. The lowest BCUT2D eigenvalue weighted by atomic mass is 10.0. The molecule has 1 N–H and O–H groups in total. The van der Waals surface area contributed by atoms with Gasteiger partial charge in [0.05, 0.1) is 5.52 Å². The molecule has 0 bridgehead atoms. The van der Waals surface area contributed by atoms with Crippen molar-refractivity contribution >= 4 is 10.9 Å². The van der Waals surface area contributed by atoms with Crippen molar-refractivity contribution in [3.63, 3.8) is 0 Å². The largest absolute Gasteiger partial charge is 0.313 e. The van der Waals surface area contributed by atoms with Crippen LogP contribution in [-0.2, 0) is 6.54 Å². The Bertz CT molecular complexity index is 768. The van der Waals surface area contributed by atoms with E-state index in [0.717, 1.165) is 28.6 Å². The summed E-state index contributed by atoms with van der Waals surface area (Å²) >= 11 is 0. The van der Waals surface area contributed by atoms with Crippen molar-refractivity contribution in [2.45, 2.75) is 13.5 Å². The summed E-state index contributed by atoms with van der Waals surface area (Å²) < 4.78 is 14.3. The number of para-hydroxylation sites is 1. The van der Waals surface area contributed by atoms with E-state index in [9.17, 15) is 4.39 Å². The van der Waals surface area contributed by atoms with Gasteiger partial charge in [-0.2, -0.15) is 0 Å². The van der Waals surface area contributed by atoms with Crippen LogP contribution in [0.1, 0.15) is 12.5 Å². The van der Waals surface area contributed by atoms with E-state index in [2.05, 4.69) is 10.3 Å². The quantitative estimate of drug-likeness (QED) is 0.776. The molecule has 0 spiro atoms. The Hall–Kier alpha value is -2.26. The zero-order valence-corrected chi connectivity index (χ0v) is 11.9. The van der Waals surface area contributed by atoms with Crippen molar-refractivity contribution in [1.29, 1.82) is 0 Å². The lowest BCUT2D eigenvalue weighted by molar-refractivity contribution is 0.625. The first-order valence-electron chi connectivity index (χ1n) is 7.12. The van der Waals surface area contributed by atoms with Gasteiger partial charge in [-0.15, -0.1) is 0 Å². The van der Waals surface area contributed by atoms with Gasteiger partial charge >= 0.3 is 0 Å². The lowest BCUT2D eigenvalue weighted by Crippen LogP contribution is -2.11. The maximum absolute atomic E-state index is 14.3. The van der Waals surface area contributed by atoms with Crippen molar-refractivity contribution < 1.29 is 4.39 Å². The zero-order chi connectivity index (χ0) is 14.7. The van der Waals surface area contributed by atoms with Crippen molar-refractivity contribution in [3.05, 3.63) is 66.1 Å². The van der Waals surface area contributed by atoms with Crippen LogP contribution >= 0.6 is 0 Å². The Kier molecular flexibility index (Phi) is 3.93. The van der Waals surface area contributed by atoms with E-state index in [1.54, 1.807) is 12.3 Å². The number of aromatic nitrogens is 1. The predicted octanol–water partition coefficient (Wildman–Crippen LogP) is 4.15. The van der Waals surface area contributed by atoms with E-state index < -0.39 is 0 Å². The number of pyridine rings is 1. The number of nitrogens with zero attached hydrogens (tertiary/aromatic N) is 1. The Balaban J connectivity index is 1.98. The summed E-state index contributed by atoms with van der Waals surface area (Å²) in [5, 5.41) is 4.22. The highest BCUT2D eigenvalue weighted by molar-refractivity contribution is 5.83. The third-order valence-electron chi connectivity index (χ3n) is 3.51. The number of hydrogen-bond donors (Lipinski definition) is 1. The number of hydrogen-bond acceptors (Lipinski definition) is 2. The molecule has 0 aliphatic rings. The molecule has 2 nitrogen and oxygen atoms in total. The summed E-state index contributed by atoms with van der Waals surface area (Å²) in [6.07, 6.45) is 1.73. The fourth-order valence-electron chi connectivity index (χ4n) is 2.39. The molecule has 1 heterocycles. The minimum absolute atomic E-state index is 0.206. The average Bonchev–Trinajstić information content (AvgIpc) is 2.52. The summed E-state index contributed by atoms with van der Waals surface area (Å²) in [6.45, 7) is 3.59. The SMILES string of the molecule is CCNCc1ccc(-c2cnc3ccccc3c2)c(F)c1. The molecule has 0 saturated heterocycles. The number of benzene rings is 2. The molecule has 0 atom stereocenters. The minimum Gasteiger partial charge on any atom is -0.313 e. The number of halogens is 1. The summed E-state index contributed by atoms with van der Waals surface area (Å²) in [5.41, 5.74) is 3.27. The molecule has 1 aromatic heterocycles. The highest BCUT2D eigenvalue weighted by atomic mass is 19.1. The van der Waals surface area contributed by atoms with Crippen molar-refractivity contribution in [1.82, 2.24) is 10.3 Å². The van der Waals surface area contributed by atoms with Gasteiger partial charge in [0.1, 0.15) is 5.82 Å². The van der Waals surface area contributed by atoms with Gasteiger partial charge in [0, 0.05) is 29.3 Å². The molecule has 3 rings (SSSR count). The van der Waals surface area contributed by atoms with Crippen LogP contribution in [0.4, 0.5) is 4.39 Å². The van der Waals surface area contributed by atoms with Crippen LogP contribution in [0.25, 0.3) is 22.0 Å². The number of nitrogens with one attached hydrogen (secondary N) is 1. The molecule has 0 saturated carbocycles. The Labute approximate surface area is 123 Å². The van der Waals surface area contributed by atoms with Crippen LogP contribution < -0.4 is 5.32 Å². The smallest absolute Gasteiger partial charge is 0.131 e. The first-order chi connectivity index (χ1) is 10.3. The molecule has 21 heavy (non-hydrogen) atoms. The van der Waals surface area contributed by atoms with E-state index in [-0.39, 0.29) is 5.82 Å². The van der Waals surface area contributed by atoms with Crippen molar-refractivity contribution in [2.75, 3.05) is 6.54 Å². The summed E-state index contributed by atoms with van der Waals surface area (Å²) in [5.74, 6) is -0.206. The number of fused-ring (bicyclic) bond motifs is 1. The van der Waals surface area contributed by atoms with Gasteiger partial charge in [-0.1, -0.05) is 37.3 Å². The second kappa shape index (κ2) is 6.02. The van der Waals surface area contributed by atoms with Crippen molar-refractivity contribution in [2.24, 2.45) is 0 Å². The standard InChI is InChI=1S/C18H17FN2/c1-2-20-11-13-7-8-16(17(19)9-13)15-10-14-5-3-4-6-18(14)21-12-15/h3-10,12,20H,2,11H2,1H3. The Morgan fingerprint density at radius 2 is 1.95 bits per heavy atom. The molecule has 0 unspecified atom stereocenters. The van der Waals surface area contributed by atoms with E-state index in [0.29, 0.717) is 12.1 Å². The molecule has 3 heteroatoms. The van der Waals surface area contributed by atoms with Crippen LogP contribution in [-0.4, -0.2) is 11.5 Å². The second-order valence-electron chi connectivity index (χ2n) is 5.01. The van der Waals surface area contributed by atoms with Gasteiger partial charge in [-0.3, -0.25) is 4.98 Å². The fourth-order valence-corrected chi connectivity index (χ4v) is 2.39. The molecular formula is C18H17FN2. The fraction of sp³-hybridized carbons (Fsp3) is 0.167. The Morgan fingerprint density at radius 1 is 1.10 bits per heavy atom. The summed E-state index contributed by atoms with van der Waals surface area (Å²) in [6, 6.07) is 15.2. The van der Waals surface area contributed by atoms with Gasteiger partial charge in [0.15, 0.2) is 0 Å². The topological polar surface area (TPSA) is 24.9 Å². The van der Waals surface area contributed by atoms with Gasteiger partial charge in [0.25, 0.3) is 0 Å². The van der Waals surface area contributed by atoms with Crippen LogP contribution in [0.2, 0.25) is 0 Å². The van der Waals surface area contributed by atoms with E-state index >= 15 is 0 Å². The molecule has 106 valence electrons. The first-order valence-corrected chi connectivity index (χ1v) is 7.12. The summed E-state index contributed by atoms with van der Waals surface area (Å²) in [7, 11) is 0. The zero-order valence-electron chi connectivity index (χ0n) is 11.9. The maximum atomic E-state index is 14.3. The van der Waals surface area contributed by atoms with Gasteiger partial charge in [0.2, 0.25) is 0 Å². The average molecular weight is 280 g/mol. The van der Waals surface area contributed by atoms with Crippen LogP contribution in [0.15, 0.2) is 54.7 Å². The van der Waals surface area contributed by atoms with E-state index in [1.807, 2.05) is 49.4 Å². The van der Waals surface area contributed by atoms with Gasteiger partial charge in [-0.25, -0.2) is 4.39 Å². The highest BCUT2D eigenvalue weighted by Crippen LogP contribution is 2.25. The second-order valence-corrected chi connectivity index (χ2v) is 5.01. The molecule has 2 aromatic carbocycles. The maximum Gasteiger partial charge on any atom is 0.131 e. The van der Waals surface area contributed by atoms with Crippen molar-refractivity contribution in [3.8, 4) is 11.1 Å². The van der Waals surface area contributed by atoms with E-state index in [4.69, 9.17) is 0 Å². The molecule has 3 aromatic rings. The minimum atomic E-state index is -0.206. The Morgan fingerprint density at radius 3 is 2.76 bits per heavy atom. The summed E-state index contributed by atoms with van der Waals surface area (Å²) in [4.78, 5) is 4.39. The first kappa shape index (κ1) is 13.7. The third-order valence-corrected chi connectivity index (χ3v) is 3.51. The predicted molar refractivity (Wildman–Crippen MR) is 84.5 cm³/mol. The molecule has 0 radical (unpaired) electrons. The molecule has 0 amide bonds. The van der Waals surface area contributed by atoms with Gasteiger partial charge in [-0.05, 0) is 30.3 Å². The molecule has 0 aliphatic carbocycles. The molecule has 0 fully saturated rings. The molecular weight excluding hydrogens is 263 g/mol. The highest BCUT2D eigenvalue weighted by Gasteiger charge is 2.07. The van der Waals surface area contributed by atoms with Crippen LogP contribution in [0, 0.1) is 5.82 Å². The number of rotatable bonds is 4. The lowest BCUT2D eigenvalue weighted by Gasteiger charge is -2.08. The van der Waals surface area contributed by atoms with Gasteiger partial charge < -0.3 is 5.32 Å². The third kappa shape index (κ3) is 2.93. The van der Waals surface area contributed by atoms with Crippen LogP contribution in [0.3, 0.4) is 0 Å². The monoisotopic (exact) mass is 280 g/mol.